The largest absolute Gasteiger partial charge is 0.393 e. The van der Waals surface area contributed by atoms with E-state index in [9.17, 15) is 0 Å². The maximum atomic E-state index is 5.57. The number of rotatable bonds is 3. The van der Waals surface area contributed by atoms with Crippen molar-refractivity contribution in [1.82, 2.24) is 4.90 Å². The summed E-state index contributed by atoms with van der Waals surface area (Å²) in [7, 11) is 0. The molecule has 0 aromatic rings. The van der Waals surface area contributed by atoms with Crippen molar-refractivity contribution in [2.45, 2.75) is 43.7 Å². The third-order valence-corrected chi connectivity index (χ3v) is 3.96. The number of hydrogen-bond donors (Lipinski definition) is 1. The van der Waals surface area contributed by atoms with E-state index in [1.807, 2.05) is 0 Å². The highest BCUT2D eigenvalue weighted by atomic mass is 32.2. The SMILES string of the molecule is CC1CN(C(C)CC(N)=S)CC(C)S1. The molecule has 3 unspecified atom stereocenters. The molecular weight excluding hydrogens is 212 g/mol. The van der Waals surface area contributed by atoms with Gasteiger partial charge in [-0.05, 0) is 6.92 Å². The normalized spacial score (nSPS) is 31.4. The van der Waals surface area contributed by atoms with E-state index < -0.39 is 0 Å². The molecule has 1 aliphatic heterocycles. The van der Waals surface area contributed by atoms with Crippen molar-refractivity contribution in [3.63, 3.8) is 0 Å². The summed E-state index contributed by atoms with van der Waals surface area (Å²) in [6.07, 6.45) is 0.847. The van der Waals surface area contributed by atoms with E-state index in [1.54, 1.807) is 0 Å². The van der Waals surface area contributed by atoms with Gasteiger partial charge in [0.15, 0.2) is 0 Å². The molecule has 3 atom stereocenters. The Balaban J connectivity index is 2.46. The zero-order valence-electron chi connectivity index (χ0n) is 9.19. The number of nitrogens with two attached hydrogens (primary N) is 1. The smallest absolute Gasteiger partial charge is 0.0742 e. The first kappa shape index (κ1) is 12.3. The van der Waals surface area contributed by atoms with Crippen LogP contribution in [0.25, 0.3) is 0 Å². The Hall–Kier alpha value is 0.200. The van der Waals surface area contributed by atoms with Gasteiger partial charge in [0.2, 0.25) is 0 Å². The topological polar surface area (TPSA) is 29.3 Å². The second-order valence-corrected chi connectivity index (χ2v) is 6.64. The quantitative estimate of drug-likeness (QED) is 0.752. The van der Waals surface area contributed by atoms with Crippen molar-refractivity contribution in [1.29, 1.82) is 0 Å². The summed E-state index contributed by atoms with van der Waals surface area (Å²) >= 11 is 7.02. The van der Waals surface area contributed by atoms with Gasteiger partial charge in [0, 0.05) is 36.1 Å². The standard InChI is InChI=1S/C10H20N2S2/c1-7(4-10(11)13)12-5-8(2)14-9(3)6-12/h7-9H,4-6H2,1-3H3,(H2,11,13). The maximum absolute atomic E-state index is 5.57. The molecule has 14 heavy (non-hydrogen) atoms. The fourth-order valence-electron chi connectivity index (χ4n) is 2.00. The molecule has 1 aliphatic rings. The summed E-state index contributed by atoms with van der Waals surface area (Å²) < 4.78 is 0. The number of thioether (sulfide) groups is 1. The first-order chi connectivity index (χ1) is 6.49. The van der Waals surface area contributed by atoms with E-state index in [0.717, 1.165) is 16.9 Å². The van der Waals surface area contributed by atoms with E-state index in [4.69, 9.17) is 18.0 Å². The lowest BCUT2D eigenvalue weighted by atomic mass is 10.2. The van der Waals surface area contributed by atoms with E-state index >= 15 is 0 Å². The zero-order chi connectivity index (χ0) is 10.7. The molecule has 1 rings (SSSR count). The monoisotopic (exact) mass is 232 g/mol. The molecule has 2 N–H and O–H groups in total. The van der Waals surface area contributed by atoms with Crippen molar-refractivity contribution in [3.05, 3.63) is 0 Å². The Kier molecular flexibility index (Phi) is 4.67. The Morgan fingerprint density at radius 3 is 2.43 bits per heavy atom. The summed E-state index contributed by atoms with van der Waals surface area (Å²) in [5.74, 6) is 0. The van der Waals surface area contributed by atoms with E-state index in [0.29, 0.717) is 11.0 Å². The van der Waals surface area contributed by atoms with Gasteiger partial charge >= 0.3 is 0 Å². The summed E-state index contributed by atoms with van der Waals surface area (Å²) in [4.78, 5) is 3.14. The van der Waals surface area contributed by atoms with Crippen LogP contribution in [0, 0.1) is 0 Å². The highest BCUT2D eigenvalue weighted by Crippen LogP contribution is 2.26. The third-order valence-electron chi connectivity index (χ3n) is 2.57. The zero-order valence-corrected chi connectivity index (χ0v) is 10.8. The van der Waals surface area contributed by atoms with Crippen LogP contribution in [0.2, 0.25) is 0 Å². The van der Waals surface area contributed by atoms with Crippen molar-refractivity contribution in [2.24, 2.45) is 5.73 Å². The highest BCUT2D eigenvalue weighted by Gasteiger charge is 2.25. The molecule has 4 heteroatoms. The van der Waals surface area contributed by atoms with Gasteiger partial charge in [-0.1, -0.05) is 26.1 Å². The predicted molar refractivity (Wildman–Crippen MR) is 69.0 cm³/mol. The molecule has 0 spiro atoms. The van der Waals surface area contributed by atoms with Crippen molar-refractivity contribution in [3.8, 4) is 0 Å². The number of nitrogens with zero attached hydrogens (tertiary/aromatic N) is 1. The molecule has 0 radical (unpaired) electrons. The van der Waals surface area contributed by atoms with E-state index in [2.05, 4.69) is 37.4 Å². The molecule has 0 aromatic carbocycles. The van der Waals surface area contributed by atoms with Crippen molar-refractivity contribution >= 4 is 29.0 Å². The van der Waals surface area contributed by atoms with Crippen LogP contribution in [0.1, 0.15) is 27.2 Å². The molecule has 0 aliphatic carbocycles. The van der Waals surface area contributed by atoms with Crippen LogP contribution < -0.4 is 5.73 Å². The van der Waals surface area contributed by atoms with Crippen molar-refractivity contribution < 1.29 is 0 Å². The highest BCUT2D eigenvalue weighted by molar-refractivity contribution is 8.00. The minimum Gasteiger partial charge on any atom is -0.393 e. The predicted octanol–water partition coefficient (Wildman–Crippen LogP) is 1.88. The molecular formula is C10H20N2S2. The van der Waals surface area contributed by atoms with E-state index in [1.165, 1.54) is 13.1 Å². The molecule has 1 fully saturated rings. The van der Waals surface area contributed by atoms with Crippen LogP contribution >= 0.6 is 24.0 Å². The molecule has 0 saturated carbocycles. The molecule has 2 nitrogen and oxygen atoms in total. The third kappa shape index (κ3) is 3.75. The van der Waals surface area contributed by atoms with Crippen molar-refractivity contribution in [2.75, 3.05) is 13.1 Å². The molecule has 1 saturated heterocycles. The second kappa shape index (κ2) is 5.33. The Morgan fingerprint density at radius 2 is 2.00 bits per heavy atom. The van der Waals surface area contributed by atoms with Crippen LogP contribution in [-0.4, -0.2) is 39.5 Å². The molecule has 1 heterocycles. The van der Waals surface area contributed by atoms with Gasteiger partial charge < -0.3 is 5.73 Å². The van der Waals surface area contributed by atoms with Gasteiger partial charge in [0.25, 0.3) is 0 Å². The maximum Gasteiger partial charge on any atom is 0.0742 e. The Bertz CT molecular complexity index is 198. The van der Waals surface area contributed by atoms with Crippen LogP contribution in [0.15, 0.2) is 0 Å². The first-order valence-corrected chi connectivity index (χ1v) is 6.52. The average molecular weight is 232 g/mol. The van der Waals surface area contributed by atoms with Gasteiger partial charge in [-0.3, -0.25) is 4.90 Å². The van der Waals surface area contributed by atoms with Gasteiger partial charge in [0.05, 0.1) is 4.99 Å². The van der Waals surface area contributed by atoms with Crippen LogP contribution in [0.4, 0.5) is 0 Å². The van der Waals surface area contributed by atoms with Crippen LogP contribution in [-0.2, 0) is 0 Å². The lowest BCUT2D eigenvalue weighted by Gasteiger charge is -2.38. The summed E-state index contributed by atoms with van der Waals surface area (Å²) in [5, 5.41) is 1.46. The van der Waals surface area contributed by atoms with E-state index in [-0.39, 0.29) is 0 Å². The fourth-order valence-corrected chi connectivity index (χ4v) is 3.59. The second-order valence-electron chi connectivity index (χ2n) is 4.23. The molecule has 82 valence electrons. The van der Waals surface area contributed by atoms with Crippen LogP contribution in [0.3, 0.4) is 0 Å². The number of thiocarbonyl (C=S) groups is 1. The van der Waals surface area contributed by atoms with Gasteiger partial charge in [-0.25, -0.2) is 0 Å². The first-order valence-electron chi connectivity index (χ1n) is 5.17. The summed E-state index contributed by atoms with van der Waals surface area (Å²) in [6, 6.07) is 0.498. The lowest BCUT2D eigenvalue weighted by molar-refractivity contribution is 0.211. The fraction of sp³-hybridized carbons (Fsp3) is 0.900. The Labute approximate surface area is 96.6 Å². The van der Waals surface area contributed by atoms with Gasteiger partial charge in [0.1, 0.15) is 0 Å². The van der Waals surface area contributed by atoms with Crippen LogP contribution in [0.5, 0.6) is 0 Å². The molecule has 0 amide bonds. The lowest BCUT2D eigenvalue weighted by Crippen LogP contribution is -2.46. The Morgan fingerprint density at radius 1 is 1.50 bits per heavy atom. The van der Waals surface area contributed by atoms with Gasteiger partial charge in [-0.2, -0.15) is 11.8 Å². The molecule has 0 bridgehead atoms. The number of hydrogen-bond acceptors (Lipinski definition) is 3. The summed E-state index contributed by atoms with van der Waals surface area (Å²) in [5.41, 5.74) is 5.57. The average Bonchev–Trinajstić information content (AvgIpc) is 2.00. The summed E-state index contributed by atoms with van der Waals surface area (Å²) in [6.45, 7) is 9.13. The minimum absolute atomic E-state index is 0.498. The molecule has 0 aromatic heterocycles. The minimum atomic E-state index is 0.498. The van der Waals surface area contributed by atoms with Gasteiger partial charge in [-0.15, -0.1) is 0 Å².